The maximum atomic E-state index is 9.97. The van der Waals surface area contributed by atoms with Crippen molar-refractivity contribution < 1.29 is 29.2 Å². The average Bonchev–Trinajstić information content (AvgIpc) is 2.91. The topological polar surface area (TPSA) is 129 Å². The molecule has 0 unspecified atom stereocenters. The van der Waals surface area contributed by atoms with Crippen molar-refractivity contribution in [2.75, 3.05) is 11.5 Å². The standard InChI is InChI=1S/C30H26N2O6/c31-22-14-12-20(18-24(22)33)35-26-8-2-4-10-28(26)37-30(16-6-1-7-17-30)38-29-11-5-3-9-27(29)36-21-13-15-23(32)25(34)19-21/h1-16,18-19,33-34H,17,31-32H2. The normalized spacial score (nSPS) is 13.6. The van der Waals surface area contributed by atoms with Crippen LogP contribution in [0.3, 0.4) is 0 Å². The van der Waals surface area contributed by atoms with Gasteiger partial charge in [0.1, 0.15) is 23.0 Å². The summed E-state index contributed by atoms with van der Waals surface area (Å²) < 4.78 is 24.9. The van der Waals surface area contributed by atoms with Gasteiger partial charge in [0.15, 0.2) is 23.0 Å². The molecule has 5 rings (SSSR count). The fraction of sp³-hybridized carbons (Fsp3) is 0.0667. The zero-order chi connectivity index (χ0) is 26.5. The third kappa shape index (κ3) is 5.44. The summed E-state index contributed by atoms with van der Waals surface area (Å²) in [5, 5.41) is 19.9. The molecule has 0 spiro atoms. The van der Waals surface area contributed by atoms with Crippen molar-refractivity contribution >= 4 is 11.4 Å². The molecule has 0 bridgehead atoms. The van der Waals surface area contributed by atoms with Crippen LogP contribution < -0.4 is 30.4 Å². The number of nitrogens with two attached hydrogens (primary N) is 2. The van der Waals surface area contributed by atoms with Crippen molar-refractivity contribution in [3.63, 3.8) is 0 Å². The highest BCUT2D eigenvalue weighted by molar-refractivity contribution is 5.57. The van der Waals surface area contributed by atoms with Gasteiger partial charge in [-0.2, -0.15) is 0 Å². The maximum absolute atomic E-state index is 9.97. The number of allylic oxidation sites excluding steroid dienone is 2. The maximum Gasteiger partial charge on any atom is 0.275 e. The Hall–Kier alpha value is -5.24. The van der Waals surface area contributed by atoms with Crippen LogP contribution in [0.5, 0.6) is 46.0 Å². The molecule has 38 heavy (non-hydrogen) atoms. The number of ether oxygens (including phenoxy) is 4. The van der Waals surface area contributed by atoms with Crippen LogP contribution in [-0.2, 0) is 0 Å². The van der Waals surface area contributed by atoms with E-state index in [4.69, 9.17) is 30.4 Å². The molecule has 8 nitrogen and oxygen atoms in total. The van der Waals surface area contributed by atoms with Gasteiger partial charge < -0.3 is 40.6 Å². The van der Waals surface area contributed by atoms with Crippen LogP contribution in [-0.4, -0.2) is 16.0 Å². The molecule has 6 N–H and O–H groups in total. The van der Waals surface area contributed by atoms with Crippen LogP contribution in [0.25, 0.3) is 0 Å². The van der Waals surface area contributed by atoms with Gasteiger partial charge in [-0.1, -0.05) is 42.5 Å². The van der Waals surface area contributed by atoms with Crippen molar-refractivity contribution in [3.8, 4) is 46.0 Å². The summed E-state index contributed by atoms with van der Waals surface area (Å²) in [6, 6.07) is 23.6. The number of benzene rings is 4. The van der Waals surface area contributed by atoms with E-state index in [2.05, 4.69) is 0 Å². The number of para-hydroxylation sites is 4. The van der Waals surface area contributed by atoms with Crippen LogP contribution in [0.1, 0.15) is 6.42 Å². The number of hydrogen-bond donors (Lipinski definition) is 4. The molecule has 0 saturated heterocycles. The lowest BCUT2D eigenvalue weighted by Crippen LogP contribution is -2.41. The Morgan fingerprint density at radius 1 is 0.605 bits per heavy atom. The number of rotatable bonds is 8. The van der Waals surface area contributed by atoms with Crippen molar-refractivity contribution in [1.29, 1.82) is 0 Å². The summed E-state index contributed by atoms with van der Waals surface area (Å²) in [6.07, 6.45) is 7.89. The Balaban J connectivity index is 1.43. The van der Waals surface area contributed by atoms with E-state index in [1.165, 1.54) is 12.1 Å². The summed E-state index contributed by atoms with van der Waals surface area (Å²) in [6.45, 7) is 0. The van der Waals surface area contributed by atoms with Gasteiger partial charge in [-0.3, -0.25) is 0 Å². The summed E-state index contributed by atoms with van der Waals surface area (Å²) in [5.74, 6) is 1.10. The highest BCUT2D eigenvalue weighted by Crippen LogP contribution is 2.41. The van der Waals surface area contributed by atoms with E-state index in [9.17, 15) is 10.2 Å². The molecule has 0 saturated carbocycles. The van der Waals surface area contributed by atoms with Gasteiger partial charge in [-0.05, 0) is 54.6 Å². The molecule has 1 aliphatic carbocycles. The monoisotopic (exact) mass is 510 g/mol. The van der Waals surface area contributed by atoms with Crippen LogP contribution in [0.15, 0.2) is 109 Å². The van der Waals surface area contributed by atoms with Gasteiger partial charge in [0.05, 0.1) is 11.4 Å². The van der Waals surface area contributed by atoms with Crippen molar-refractivity contribution in [2.24, 2.45) is 0 Å². The first-order valence-corrected chi connectivity index (χ1v) is 11.8. The minimum Gasteiger partial charge on any atom is -0.506 e. The van der Waals surface area contributed by atoms with E-state index in [1.807, 2.05) is 48.6 Å². The lowest BCUT2D eigenvalue weighted by atomic mass is 10.1. The average molecular weight is 511 g/mol. The Bertz CT molecular complexity index is 1420. The lowest BCUT2D eigenvalue weighted by molar-refractivity contribution is -0.0708. The molecule has 4 aromatic carbocycles. The number of anilines is 2. The summed E-state index contributed by atoms with van der Waals surface area (Å²) in [4.78, 5) is 0. The SMILES string of the molecule is Nc1ccc(Oc2ccccc2OC2(Oc3ccccc3Oc3ccc(N)c(O)c3)C=CC=CC2)cc1O. The number of hydrogen-bond acceptors (Lipinski definition) is 8. The van der Waals surface area contributed by atoms with Gasteiger partial charge >= 0.3 is 0 Å². The molecule has 192 valence electrons. The molecule has 0 fully saturated rings. The molecule has 0 radical (unpaired) electrons. The van der Waals surface area contributed by atoms with Crippen molar-refractivity contribution in [2.45, 2.75) is 12.2 Å². The molecule has 1 aliphatic rings. The van der Waals surface area contributed by atoms with Gasteiger partial charge in [0.25, 0.3) is 5.79 Å². The predicted octanol–water partition coefficient (Wildman–Crippen LogP) is 6.52. The zero-order valence-corrected chi connectivity index (χ0v) is 20.3. The lowest BCUT2D eigenvalue weighted by Gasteiger charge is -2.33. The molecule has 0 atom stereocenters. The molecule has 0 heterocycles. The highest BCUT2D eigenvalue weighted by atomic mass is 16.7. The molecular formula is C30H26N2O6. The van der Waals surface area contributed by atoms with Crippen LogP contribution in [0.2, 0.25) is 0 Å². The van der Waals surface area contributed by atoms with Gasteiger partial charge in [0, 0.05) is 18.6 Å². The van der Waals surface area contributed by atoms with E-state index in [0.29, 0.717) is 40.9 Å². The first-order valence-electron chi connectivity index (χ1n) is 11.8. The highest BCUT2D eigenvalue weighted by Gasteiger charge is 2.34. The van der Waals surface area contributed by atoms with Crippen molar-refractivity contribution in [1.82, 2.24) is 0 Å². The number of nitrogen functional groups attached to an aromatic ring is 2. The van der Waals surface area contributed by atoms with Crippen LogP contribution in [0.4, 0.5) is 11.4 Å². The molecule has 0 aliphatic heterocycles. The molecular weight excluding hydrogens is 484 g/mol. The number of phenols is 2. The smallest absolute Gasteiger partial charge is 0.275 e. The first kappa shape index (κ1) is 24.5. The number of aromatic hydroxyl groups is 2. The Morgan fingerprint density at radius 2 is 1.08 bits per heavy atom. The Kier molecular flexibility index (Phi) is 6.69. The third-order valence-corrected chi connectivity index (χ3v) is 5.72. The summed E-state index contributed by atoms with van der Waals surface area (Å²) >= 11 is 0. The molecule has 0 aromatic heterocycles. The Morgan fingerprint density at radius 3 is 1.50 bits per heavy atom. The summed E-state index contributed by atoms with van der Waals surface area (Å²) in [5.41, 5.74) is 11.9. The van der Waals surface area contributed by atoms with E-state index >= 15 is 0 Å². The van der Waals surface area contributed by atoms with E-state index in [1.54, 1.807) is 48.5 Å². The predicted molar refractivity (Wildman–Crippen MR) is 145 cm³/mol. The van der Waals surface area contributed by atoms with Crippen molar-refractivity contribution in [3.05, 3.63) is 109 Å². The zero-order valence-electron chi connectivity index (χ0n) is 20.3. The first-order chi connectivity index (χ1) is 18.4. The minimum absolute atomic E-state index is 0.0768. The summed E-state index contributed by atoms with van der Waals surface area (Å²) in [7, 11) is 0. The molecule has 4 aromatic rings. The van der Waals surface area contributed by atoms with E-state index < -0.39 is 5.79 Å². The second kappa shape index (κ2) is 10.4. The molecule has 8 heteroatoms. The second-order valence-electron chi connectivity index (χ2n) is 8.55. The fourth-order valence-corrected chi connectivity index (χ4v) is 3.79. The van der Waals surface area contributed by atoms with Gasteiger partial charge in [-0.25, -0.2) is 0 Å². The minimum atomic E-state index is -1.22. The van der Waals surface area contributed by atoms with Gasteiger partial charge in [-0.15, -0.1) is 0 Å². The quantitative estimate of drug-likeness (QED) is 0.120. The largest absolute Gasteiger partial charge is 0.506 e. The molecule has 0 amide bonds. The second-order valence-corrected chi connectivity index (χ2v) is 8.55. The number of phenolic OH excluding ortho intramolecular Hbond substituents is 2. The van der Waals surface area contributed by atoms with Crippen LogP contribution >= 0.6 is 0 Å². The van der Waals surface area contributed by atoms with E-state index in [-0.39, 0.29) is 22.9 Å². The van der Waals surface area contributed by atoms with Gasteiger partial charge in [0.2, 0.25) is 0 Å². The fourth-order valence-electron chi connectivity index (χ4n) is 3.79. The van der Waals surface area contributed by atoms with E-state index in [0.717, 1.165) is 0 Å². The third-order valence-electron chi connectivity index (χ3n) is 5.72. The Labute approximate surface area is 219 Å². The van der Waals surface area contributed by atoms with Crippen LogP contribution in [0, 0.1) is 0 Å².